The number of carbonyl (C=O) groups is 4. The summed E-state index contributed by atoms with van der Waals surface area (Å²) in [7, 11) is 0. The van der Waals surface area contributed by atoms with Gasteiger partial charge < -0.3 is 43.2 Å². The molecule has 13 nitrogen and oxygen atoms in total. The normalized spacial score (nSPS) is 13.4. The van der Waals surface area contributed by atoms with Crippen LogP contribution in [0, 0.1) is 5.92 Å². The van der Waals surface area contributed by atoms with E-state index < -0.39 is 41.8 Å². The van der Waals surface area contributed by atoms with Crippen LogP contribution in [-0.4, -0.2) is 71.0 Å². The highest BCUT2D eigenvalue weighted by Crippen LogP contribution is 2.19. The minimum Gasteiger partial charge on any atom is -0.480 e. The van der Waals surface area contributed by atoms with Crippen LogP contribution < -0.4 is 33.2 Å². The Balaban J connectivity index is 2.25. The molecule has 2 aromatic rings. The Morgan fingerprint density at radius 1 is 1.00 bits per heavy atom. The molecule has 1 heterocycles. The van der Waals surface area contributed by atoms with Crippen LogP contribution in [0.15, 0.2) is 35.5 Å². The molecule has 0 aliphatic heterocycles. The number of nitrogens with zero attached hydrogens (tertiary/aromatic N) is 1. The minimum atomic E-state index is -1.18. The predicted octanol–water partition coefficient (Wildman–Crippen LogP) is -0.692. The summed E-state index contributed by atoms with van der Waals surface area (Å²) in [4.78, 5) is 57.3. The maximum Gasteiger partial charge on any atom is 0.326 e. The third kappa shape index (κ3) is 9.39. The van der Waals surface area contributed by atoms with Crippen molar-refractivity contribution >= 4 is 40.6 Å². The fraction of sp³-hybridized carbons (Fsp3) is 0.480. The van der Waals surface area contributed by atoms with E-state index in [9.17, 15) is 24.3 Å². The van der Waals surface area contributed by atoms with Crippen LogP contribution in [0.4, 0.5) is 0 Å². The number of benzene rings is 1. The summed E-state index contributed by atoms with van der Waals surface area (Å²) in [6, 6.07) is 4.26. The third-order valence-corrected chi connectivity index (χ3v) is 5.84. The van der Waals surface area contributed by atoms with Gasteiger partial charge in [-0.05, 0) is 36.8 Å². The number of carboxylic acid groups (broad SMARTS) is 1. The maximum absolute atomic E-state index is 13.4. The number of nitrogens with two attached hydrogens (primary N) is 3. The van der Waals surface area contributed by atoms with Gasteiger partial charge in [0.2, 0.25) is 17.7 Å². The molecule has 1 aromatic carbocycles. The molecule has 3 amide bonds. The smallest absolute Gasteiger partial charge is 0.326 e. The molecular weight excluding hydrogens is 492 g/mol. The van der Waals surface area contributed by atoms with E-state index in [2.05, 4.69) is 25.9 Å². The van der Waals surface area contributed by atoms with E-state index in [1.807, 2.05) is 38.1 Å². The van der Waals surface area contributed by atoms with Gasteiger partial charge >= 0.3 is 5.97 Å². The summed E-state index contributed by atoms with van der Waals surface area (Å²) in [6.45, 7) is 3.56. The molecule has 0 bridgehead atoms. The van der Waals surface area contributed by atoms with E-state index in [-0.39, 0.29) is 44.2 Å². The number of rotatable bonds is 15. The van der Waals surface area contributed by atoms with Crippen LogP contribution in [0.25, 0.3) is 10.9 Å². The van der Waals surface area contributed by atoms with Crippen LogP contribution in [0.3, 0.4) is 0 Å². The molecule has 3 atom stereocenters. The first kappa shape index (κ1) is 30.1. The Morgan fingerprint density at radius 3 is 2.29 bits per heavy atom. The van der Waals surface area contributed by atoms with E-state index in [0.717, 1.165) is 16.5 Å². The zero-order chi connectivity index (χ0) is 28.2. The van der Waals surface area contributed by atoms with Crippen molar-refractivity contribution in [2.75, 3.05) is 13.1 Å². The fourth-order valence-corrected chi connectivity index (χ4v) is 3.99. The van der Waals surface area contributed by atoms with Gasteiger partial charge in [-0.25, -0.2) is 4.79 Å². The molecule has 1 aromatic heterocycles. The highest BCUT2D eigenvalue weighted by atomic mass is 16.4. The van der Waals surface area contributed by atoms with E-state index in [1.165, 1.54) is 0 Å². The van der Waals surface area contributed by atoms with Crippen molar-refractivity contribution in [3.63, 3.8) is 0 Å². The maximum atomic E-state index is 13.4. The Labute approximate surface area is 221 Å². The predicted molar refractivity (Wildman–Crippen MR) is 144 cm³/mol. The average molecular weight is 531 g/mol. The van der Waals surface area contributed by atoms with E-state index in [0.29, 0.717) is 6.42 Å². The summed E-state index contributed by atoms with van der Waals surface area (Å²) in [5.41, 5.74) is 17.8. The molecule has 0 spiro atoms. The molecule has 0 fully saturated rings. The quantitative estimate of drug-likeness (QED) is 0.0832. The Hall–Kier alpha value is -4.13. The highest BCUT2D eigenvalue weighted by molar-refractivity contribution is 5.94. The van der Waals surface area contributed by atoms with Crippen LogP contribution in [0.2, 0.25) is 0 Å². The monoisotopic (exact) mass is 530 g/mol. The number of hydrogen-bond donors (Lipinski definition) is 8. The van der Waals surface area contributed by atoms with Crippen molar-refractivity contribution in [2.24, 2.45) is 28.1 Å². The first-order valence-electron chi connectivity index (χ1n) is 12.4. The van der Waals surface area contributed by atoms with Gasteiger partial charge in [0.25, 0.3) is 0 Å². The van der Waals surface area contributed by atoms with E-state index in [1.54, 1.807) is 6.20 Å². The molecule has 0 aliphatic carbocycles. The van der Waals surface area contributed by atoms with E-state index >= 15 is 0 Å². The van der Waals surface area contributed by atoms with Gasteiger partial charge in [0.05, 0.1) is 6.54 Å². The number of aliphatic imine (C=N–C) groups is 1. The lowest BCUT2D eigenvalue weighted by atomic mass is 10.0. The lowest BCUT2D eigenvalue weighted by Crippen LogP contribution is -2.56. The van der Waals surface area contributed by atoms with Gasteiger partial charge in [-0.2, -0.15) is 0 Å². The summed E-state index contributed by atoms with van der Waals surface area (Å²) in [6.07, 6.45) is 2.57. The molecule has 13 heteroatoms. The number of carbonyl (C=O) groups excluding carboxylic acids is 3. The van der Waals surface area contributed by atoms with Crippen molar-refractivity contribution in [3.8, 4) is 0 Å². The number of guanidine groups is 1. The summed E-state index contributed by atoms with van der Waals surface area (Å²) < 4.78 is 0. The molecule has 2 rings (SSSR count). The third-order valence-electron chi connectivity index (χ3n) is 5.84. The number of aromatic nitrogens is 1. The second kappa shape index (κ2) is 14.6. The van der Waals surface area contributed by atoms with Crippen molar-refractivity contribution in [1.82, 2.24) is 20.9 Å². The van der Waals surface area contributed by atoms with Gasteiger partial charge in [-0.15, -0.1) is 0 Å². The molecule has 11 N–H and O–H groups in total. The van der Waals surface area contributed by atoms with Gasteiger partial charge in [0, 0.05) is 30.1 Å². The zero-order valence-corrected chi connectivity index (χ0v) is 21.7. The van der Waals surface area contributed by atoms with Gasteiger partial charge in [-0.1, -0.05) is 32.0 Å². The number of hydrogen-bond acceptors (Lipinski definition) is 6. The van der Waals surface area contributed by atoms with Crippen molar-refractivity contribution in [1.29, 1.82) is 0 Å². The second-order valence-corrected chi connectivity index (χ2v) is 9.43. The van der Waals surface area contributed by atoms with Crippen molar-refractivity contribution in [2.45, 2.75) is 57.7 Å². The van der Waals surface area contributed by atoms with Crippen molar-refractivity contribution in [3.05, 3.63) is 36.0 Å². The van der Waals surface area contributed by atoms with Gasteiger partial charge in [0.1, 0.15) is 18.1 Å². The molecule has 3 unspecified atom stereocenters. The number of nitrogens with one attached hydrogen (secondary N) is 4. The molecule has 0 saturated carbocycles. The minimum absolute atomic E-state index is 0.0123. The molecule has 208 valence electrons. The first-order chi connectivity index (χ1) is 18.0. The Bertz CT molecular complexity index is 1140. The Kier molecular flexibility index (Phi) is 11.5. The number of H-pyrrole nitrogens is 1. The topological polar surface area (TPSA) is 231 Å². The number of aliphatic carboxylic acids is 1. The first-order valence-corrected chi connectivity index (χ1v) is 12.4. The average Bonchev–Trinajstić information content (AvgIpc) is 3.27. The van der Waals surface area contributed by atoms with Gasteiger partial charge in [0.15, 0.2) is 5.96 Å². The van der Waals surface area contributed by atoms with Crippen LogP contribution in [0.1, 0.15) is 38.7 Å². The van der Waals surface area contributed by atoms with Crippen molar-refractivity contribution < 1.29 is 24.3 Å². The van der Waals surface area contributed by atoms with Crippen LogP contribution in [0.5, 0.6) is 0 Å². The standard InChI is InChI=1S/C25H38N8O5/c1-14(2)10-20(24(37)38)33-22(35)18(8-5-9-29-25(27)28)32-23(36)19(31-21(34)12-26)11-15-13-30-17-7-4-3-6-16(15)17/h3-4,6-7,13-14,18-20,30H,5,8-12,26H2,1-2H3,(H,31,34)(H,32,36)(H,33,35)(H,37,38)(H4,27,28,29). The lowest BCUT2D eigenvalue weighted by Gasteiger charge is -2.25. The highest BCUT2D eigenvalue weighted by Gasteiger charge is 2.30. The molecule has 38 heavy (non-hydrogen) atoms. The molecule has 0 radical (unpaired) electrons. The lowest BCUT2D eigenvalue weighted by molar-refractivity contribution is -0.142. The van der Waals surface area contributed by atoms with Gasteiger partial charge in [-0.3, -0.25) is 19.4 Å². The number of carboxylic acids is 1. The largest absolute Gasteiger partial charge is 0.480 e. The fourth-order valence-electron chi connectivity index (χ4n) is 3.99. The molecule has 0 saturated heterocycles. The van der Waals surface area contributed by atoms with Crippen LogP contribution >= 0.6 is 0 Å². The second-order valence-electron chi connectivity index (χ2n) is 9.43. The zero-order valence-electron chi connectivity index (χ0n) is 21.7. The number of amides is 3. The summed E-state index contributed by atoms with van der Waals surface area (Å²) >= 11 is 0. The SMILES string of the molecule is CC(C)CC(NC(=O)C(CCCN=C(N)N)NC(=O)C(Cc1c[nH]c2ccccc12)NC(=O)CN)C(=O)O. The summed E-state index contributed by atoms with van der Waals surface area (Å²) in [5, 5.41) is 18.2. The Morgan fingerprint density at radius 2 is 1.66 bits per heavy atom. The summed E-state index contributed by atoms with van der Waals surface area (Å²) in [5.74, 6) is -3.09. The number of para-hydroxylation sites is 1. The van der Waals surface area contributed by atoms with Crippen LogP contribution in [-0.2, 0) is 25.6 Å². The molecular formula is C25H38N8O5. The molecule has 0 aliphatic rings. The van der Waals surface area contributed by atoms with E-state index in [4.69, 9.17) is 17.2 Å². The number of fused-ring (bicyclic) bond motifs is 1. The number of aromatic amines is 1.